The van der Waals surface area contributed by atoms with Crippen LogP contribution in [0.3, 0.4) is 0 Å². The largest absolute Gasteiger partial charge is 0.497 e. The van der Waals surface area contributed by atoms with Crippen molar-refractivity contribution >= 4 is 44.8 Å². The summed E-state index contributed by atoms with van der Waals surface area (Å²) in [6.45, 7) is 1.38. The zero-order chi connectivity index (χ0) is 21.9. The molecule has 2 N–H and O–H groups in total. The van der Waals surface area contributed by atoms with Crippen LogP contribution in [0.4, 0.5) is 17.1 Å². The number of carboxylic acid groups (broad SMARTS) is 1. The van der Waals surface area contributed by atoms with Gasteiger partial charge in [0, 0.05) is 30.3 Å². The lowest BCUT2D eigenvalue weighted by Gasteiger charge is -2.29. The van der Waals surface area contributed by atoms with E-state index in [-0.39, 0.29) is 17.0 Å². The van der Waals surface area contributed by atoms with Gasteiger partial charge in [-0.25, -0.2) is 13.2 Å². The van der Waals surface area contributed by atoms with Gasteiger partial charge in [-0.3, -0.25) is 14.8 Å². The van der Waals surface area contributed by atoms with Crippen LogP contribution in [-0.4, -0.2) is 56.1 Å². The number of carbonyl (C=O) groups is 1. The molecule has 1 heterocycles. The quantitative estimate of drug-likeness (QED) is 0.478. The number of nitro groups is 1. The first-order chi connectivity index (χ1) is 14.2. The van der Waals surface area contributed by atoms with Gasteiger partial charge < -0.3 is 14.7 Å². The molecule has 0 spiro atoms. The molecule has 2 aromatic rings. The van der Waals surface area contributed by atoms with Crippen LogP contribution in [0.1, 0.15) is 10.4 Å². The first-order valence-electron chi connectivity index (χ1n) is 8.78. The Morgan fingerprint density at radius 2 is 1.93 bits per heavy atom. The van der Waals surface area contributed by atoms with Gasteiger partial charge in [-0.05, 0) is 30.3 Å². The summed E-state index contributed by atoms with van der Waals surface area (Å²) >= 11 is 1.78. The van der Waals surface area contributed by atoms with E-state index in [2.05, 4.69) is 4.72 Å². The molecule has 1 aliphatic rings. The Morgan fingerprint density at radius 3 is 2.53 bits per heavy atom. The van der Waals surface area contributed by atoms with Crippen molar-refractivity contribution in [2.75, 3.05) is 41.3 Å². The minimum absolute atomic E-state index is 0.00681. The fourth-order valence-electron chi connectivity index (χ4n) is 3.06. The Labute approximate surface area is 177 Å². The Hall–Kier alpha value is -2.99. The van der Waals surface area contributed by atoms with E-state index < -0.39 is 31.5 Å². The molecule has 30 heavy (non-hydrogen) atoms. The normalized spacial score (nSPS) is 14.2. The van der Waals surface area contributed by atoms with Crippen molar-refractivity contribution < 1.29 is 28.0 Å². The van der Waals surface area contributed by atoms with Gasteiger partial charge in [-0.2, -0.15) is 11.8 Å². The van der Waals surface area contributed by atoms with Crippen molar-refractivity contribution in [3.8, 4) is 5.75 Å². The summed E-state index contributed by atoms with van der Waals surface area (Å²) in [6, 6.07) is 7.57. The summed E-state index contributed by atoms with van der Waals surface area (Å²) in [5, 5.41) is 20.9. The molecule has 2 aromatic carbocycles. The number of carboxylic acids is 1. The van der Waals surface area contributed by atoms with E-state index >= 15 is 0 Å². The molecule has 1 aliphatic heterocycles. The monoisotopic (exact) mass is 453 g/mol. The van der Waals surface area contributed by atoms with E-state index in [4.69, 9.17) is 4.74 Å². The standard InChI is InChI=1S/C18H19N3O7S2/c1-28-13-3-5-17(16(11-13)21(24)25)30(26,27)19-12-2-4-15(14(10-12)18(22)23)20-6-8-29-9-7-20/h2-5,10-11,19H,6-9H2,1H3,(H,22,23). The van der Waals surface area contributed by atoms with Crippen molar-refractivity contribution in [2.45, 2.75) is 4.90 Å². The number of hydrogen-bond donors (Lipinski definition) is 2. The second-order valence-corrected chi connectivity index (χ2v) is 9.21. The Morgan fingerprint density at radius 1 is 1.23 bits per heavy atom. The van der Waals surface area contributed by atoms with Crippen molar-refractivity contribution in [2.24, 2.45) is 0 Å². The molecule has 10 nitrogen and oxygen atoms in total. The molecule has 0 radical (unpaired) electrons. The third-order valence-corrected chi connectivity index (χ3v) is 6.85. The minimum atomic E-state index is -4.35. The van der Waals surface area contributed by atoms with Gasteiger partial charge in [0.15, 0.2) is 4.90 Å². The van der Waals surface area contributed by atoms with E-state index in [9.17, 15) is 28.4 Å². The first kappa shape index (κ1) is 21.7. The van der Waals surface area contributed by atoms with Crippen LogP contribution >= 0.6 is 11.8 Å². The number of nitrogens with one attached hydrogen (secondary N) is 1. The van der Waals surface area contributed by atoms with Crippen molar-refractivity contribution in [1.29, 1.82) is 0 Å². The van der Waals surface area contributed by atoms with Crippen molar-refractivity contribution in [1.82, 2.24) is 0 Å². The third-order valence-electron chi connectivity index (χ3n) is 4.48. The van der Waals surface area contributed by atoms with Gasteiger partial charge in [-0.15, -0.1) is 0 Å². The number of nitro benzene ring substituents is 1. The number of thioether (sulfide) groups is 1. The summed E-state index contributed by atoms with van der Waals surface area (Å²) in [4.78, 5) is 23.6. The van der Waals surface area contributed by atoms with Gasteiger partial charge >= 0.3 is 5.97 Å². The maximum atomic E-state index is 12.8. The molecule has 0 atom stereocenters. The minimum Gasteiger partial charge on any atom is -0.497 e. The maximum absolute atomic E-state index is 12.8. The Bertz CT molecular complexity index is 1080. The van der Waals surface area contributed by atoms with E-state index in [1.807, 2.05) is 4.90 Å². The van der Waals surface area contributed by atoms with Crippen LogP contribution in [0.15, 0.2) is 41.3 Å². The molecule has 160 valence electrons. The molecule has 1 fully saturated rings. The summed E-state index contributed by atoms with van der Waals surface area (Å²) in [6.07, 6.45) is 0. The van der Waals surface area contributed by atoms with Crippen LogP contribution in [0.5, 0.6) is 5.75 Å². The Kier molecular flexibility index (Phi) is 6.37. The molecule has 0 saturated carbocycles. The highest BCUT2D eigenvalue weighted by Crippen LogP contribution is 2.31. The summed E-state index contributed by atoms with van der Waals surface area (Å²) in [7, 11) is -3.04. The molecular formula is C18H19N3O7S2. The molecule has 1 saturated heterocycles. The summed E-state index contributed by atoms with van der Waals surface area (Å²) < 4.78 is 32.7. The molecule has 0 bridgehead atoms. The van der Waals surface area contributed by atoms with Gasteiger partial charge in [0.05, 0.1) is 29.4 Å². The van der Waals surface area contributed by atoms with Gasteiger partial charge in [0.25, 0.3) is 15.7 Å². The molecule has 0 aromatic heterocycles. The third kappa shape index (κ3) is 4.60. The van der Waals surface area contributed by atoms with Crippen LogP contribution in [0.25, 0.3) is 0 Å². The maximum Gasteiger partial charge on any atom is 0.337 e. The van der Waals surface area contributed by atoms with Crippen molar-refractivity contribution in [3.63, 3.8) is 0 Å². The zero-order valence-corrected chi connectivity index (χ0v) is 17.5. The first-order valence-corrected chi connectivity index (χ1v) is 11.4. The molecule has 3 rings (SSSR count). The van der Waals surface area contributed by atoms with Crippen LogP contribution in [0, 0.1) is 10.1 Å². The molecular weight excluding hydrogens is 434 g/mol. The number of hydrogen-bond acceptors (Lipinski definition) is 8. The van der Waals surface area contributed by atoms with E-state index in [0.29, 0.717) is 18.8 Å². The molecule has 12 heteroatoms. The van der Waals surface area contributed by atoms with Gasteiger partial charge in [-0.1, -0.05) is 0 Å². The van der Waals surface area contributed by atoms with E-state index in [1.54, 1.807) is 17.8 Å². The van der Waals surface area contributed by atoms with Crippen LogP contribution < -0.4 is 14.4 Å². The number of nitrogens with zero attached hydrogens (tertiary/aromatic N) is 2. The lowest BCUT2D eigenvalue weighted by atomic mass is 10.1. The van der Waals surface area contributed by atoms with Gasteiger partial charge in [0.2, 0.25) is 0 Å². The number of sulfonamides is 1. The molecule has 0 aliphatic carbocycles. The van der Waals surface area contributed by atoms with Crippen LogP contribution in [0.2, 0.25) is 0 Å². The SMILES string of the molecule is COc1ccc(S(=O)(=O)Nc2ccc(N3CCSCC3)c(C(=O)O)c2)c([N+](=O)[O-])c1. The lowest BCUT2D eigenvalue weighted by Crippen LogP contribution is -2.33. The number of methoxy groups -OCH3 is 1. The predicted octanol–water partition coefficient (Wildman–Crippen LogP) is 2.66. The second kappa shape index (κ2) is 8.79. The van der Waals surface area contributed by atoms with E-state index in [1.165, 1.54) is 25.3 Å². The number of aromatic carboxylic acids is 1. The fraction of sp³-hybridized carbons (Fsp3) is 0.278. The zero-order valence-electron chi connectivity index (χ0n) is 15.9. The van der Waals surface area contributed by atoms with Crippen LogP contribution in [-0.2, 0) is 10.0 Å². The average molecular weight is 453 g/mol. The number of rotatable bonds is 7. The highest BCUT2D eigenvalue weighted by Gasteiger charge is 2.27. The highest BCUT2D eigenvalue weighted by molar-refractivity contribution is 7.99. The predicted molar refractivity (Wildman–Crippen MR) is 113 cm³/mol. The number of anilines is 2. The number of ether oxygens (including phenoxy) is 1. The smallest absolute Gasteiger partial charge is 0.337 e. The molecule has 0 amide bonds. The average Bonchev–Trinajstić information content (AvgIpc) is 2.73. The summed E-state index contributed by atoms with van der Waals surface area (Å²) in [5.74, 6) is 0.681. The van der Waals surface area contributed by atoms with Crippen molar-refractivity contribution in [3.05, 3.63) is 52.1 Å². The van der Waals surface area contributed by atoms with Gasteiger partial charge in [0.1, 0.15) is 5.75 Å². The Balaban J connectivity index is 1.96. The highest BCUT2D eigenvalue weighted by atomic mass is 32.2. The second-order valence-electron chi connectivity index (χ2n) is 6.33. The number of benzene rings is 2. The lowest BCUT2D eigenvalue weighted by molar-refractivity contribution is -0.387. The topological polar surface area (TPSA) is 139 Å². The fourth-order valence-corrected chi connectivity index (χ4v) is 5.16. The van der Waals surface area contributed by atoms with E-state index in [0.717, 1.165) is 23.6 Å². The molecule has 0 unspecified atom stereocenters. The summed E-state index contributed by atoms with van der Waals surface area (Å²) in [5.41, 5.74) is -0.206.